The average Bonchev–Trinajstić information content (AvgIpc) is 2.86. The van der Waals surface area contributed by atoms with Gasteiger partial charge in [0.1, 0.15) is 11.6 Å². The minimum atomic E-state index is -0.423. The fourth-order valence-corrected chi connectivity index (χ4v) is 4.12. The van der Waals surface area contributed by atoms with Crippen LogP contribution in [0.2, 0.25) is 0 Å². The fraction of sp³-hybridized carbons (Fsp3) is 0.444. The molecule has 0 fully saturated rings. The summed E-state index contributed by atoms with van der Waals surface area (Å²) in [5.74, 6) is 1.26. The molecule has 0 saturated heterocycles. The predicted octanol–water partition coefficient (Wildman–Crippen LogP) is 4.90. The van der Waals surface area contributed by atoms with Crippen LogP contribution in [0.3, 0.4) is 0 Å². The van der Waals surface area contributed by atoms with Crippen LogP contribution >= 0.6 is 0 Å². The van der Waals surface area contributed by atoms with Crippen molar-refractivity contribution in [2.75, 3.05) is 27.4 Å². The SMILES string of the molecule is CCCCCCC(=O)N(CCOC)C(C)c1nc2ccccc2c(=O)n1-c1ccc(OC)cc1. The van der Waals surface area contributed by atoms with Gasteiger partial charge in [0.25, 0.3) is 5.56 Å². The minimum Gasteiger partial charge on any atom is -0.497 e. The molecular weight excluding hydrogens is 430 g/mol. The van der Waals surface area contributed by atoms with Gasteiger partial charge >= 0.3 is 0 Å². The molecule has 1 aromatic heterocycles. The number of carbonyl (C=O) groups is 1. The zero-order chi connectivity index (χ0) is 24.5. The Hall–Kier alpha value is -3.19. The van der Waals surface area contributed by atoms with Crippen molar-refractivity contribution in [3.8, 4) is 11.4 Å². The summed E-state index contributed by atoms with van der Waals surface area (Å²) < 4.78 is 12.2. The molecule has 7 heteroatoms. The van der Waals surface area contributed by atoms with Gasteiger partial charge in [-0.15, -0.1) is 0 Å². The van der Waals surface area contributed by atoms with Crippen molar-refractivity contribution in [1.82, 2.24) is 14.5 Å². The van der Waals surface area contributed by atoms with Crippen molar-refractivity contribution in [3.05, 3.63) is 64.7 Å². The third-order valence-electron chi connectivity index (χ3n) is 6.07. The van der Waals surface area contributed by atoms with Gasteiger partial charge < -0.3 is 14.4 Å². The molecule has 0 N–H and O–H groups in total. The van der Waals surface area contributed by atoms with E-state index in [1.807, 2.05) is 49.4 Å². The largest absolute Gasteiger partial charge is 0.497 e. The summed E-state index contributed by atoms with van der Waals surface area (Å²) in [6, 6.07) is 14.2. The lowest BCUT2D eigenvalue weighted by Gasteiger charge is -2.30. The summed E-state index contributed by atoms with van der Waals surface area (Å²) in [4.78, 5) is 33.5. The Kier molecular flexibility index (Phi) is 9.22. The van der Waals surface area contributed by atoms with E-state index in [4.69, 9.17) is 14.5 Å². The first-order chi connectivity index (χ1) is 16.5. The number of hydrogen-bond donors (Lipinski definition) is 0. The maximum atomic E-state index is 13.6. The summed E-state index contributed by atoms with van der Waals surface area (Å²) >= 11 is 0. The Bertz CT molecular complexity index is 1140. The topological polar surface area (TPSA) is 73.7 Å². The van der Waals surface area contributed by atoms with Crippen LogP contribution in [0, 0.1) is 0 Å². The molecule has 2 aromatic carbocycles. The van der Waals surface area contributed by atoms with Gasteiger partial charge in [-0.25, -0.2) is 4.98 Å². The number of fused-ring (bicyclic) bond motifs is 1. The van der Waals surface area contributed by atoms with E-state index in [0.29, 0.717) is 47.7 Å². The molecule has 0 aliphatic heterocycles. The summed E-state index contributed by atoms with van der Waals surface area (Å²) in [6.07, 6.45) is 4.57. The number of benzene rings is 2. The van der Waals surface area contributed by atoms with Crippen LogP contribution in [0.4, 0.5) is 0 Å². The normalized spacial score (nSPS) is 12.0. The maximum Gasteiger partial charge on any atom is 0.266 e. The summed E-state index contributed by atoms with van der Waals surface area (Å²) in [6.45, 7) is 4.91. The van der Waals surface area contributed by atoms with Crippen molar-refractivity contribution in [2.45, 2.75) is 52.0 Å². The van der Waals surface area contributed by atoms with Gasteiger partial charge in [0.15, 0.2) is 0 Å². The average molecular weight is 466 g/mol. The maximum absolute atomic E-state index is 13.6. The lowest BCUT2D eigenvalue weighted by Crippen LogP contribution is -2.39. The third-order valence-corrected chi connectivity index (χ3v) is 6.07. The number of para-hydroxylation sites is 1. The number of unbranched alkanes of at least 4 members (excludes halogenated alkanes) is 3. The lowest BCUT2D eigenvalue weighted by atomic mass is 10.1. The molecule has 34 heavy (non-hydrogen) atoms. The molecule has 0 spiro atoms. The second-order valence-corrected chi connectivity index (χ2v) is 8.39. The van der Waals surface area contributed by atoms with E-state index in [1.165, 1.54) is 0 Å². The van der Waals surface area contributed by atoms with E-state index in [2.05, 4.69) is 6.92 Å². The highest BCUT2D eigenvalue weighted by atomic mass is 16.5. The van der Waals surface area contributed by atoms with Crippen LogP contribution in [-0.4, -0.2) is 47.7 Å². The standard InChI is InChI=1S/C27H35N3O4/c1-5-6-7-8-13-25(31)29(18-19-33-3)20(2)26-28-24-12-10-9-11-23(24)27(32)30(26)21-14-16-22(34-4)17-15-21/h9-12,14-17,20H,5-8,13,18-19H2,1-4H3. The van der Waals surface area contributed by atoms with Crippen molar-refractivity contribution in [2.24, 2.45) is 0 Å². The lowest BCUT2D eigenvalue weighted by molar-refractivity contribution is -0.134. The molecule has 0 bridgehead atoms. The Morgan fingerprint density at radius 2 is 1.79 bits per heavy atom. The van der Waals surface area contributed by atoms with Gasteiger partial charge in [-0.05, 0) is 49.7 Å². The number of aromatic nitrogens is 2. The number of methoxy groups -OCH3 is 2. The fourth-order valence-electron chi connectivity index (χ4n) is 4.12. The van der Waals surface area contributed by atoms with E-state index >= 15 is 0 Å². The quantitative estimate of drug-likeness (QED) is 0.356. The zero-order valence-electron chi connectivity index (χ0n) is 20.6. The molecule has 3 rings (SSSR count). The molecule has 1 amide bonds. The van der Waals surface area contributed by atoms with Gasteiger partial charge in [0.05, 0.1) is 36.3 Å². The van der Waals surface area contributed by atoms with E-state index < -0.39 is 6.04 Å². The third kappa shape index (κ3) is 5.83. The van der Waals surface area contributed by atoms with Crippen LogP contribution in [0.25, 0.3) is 16.6 Å². The Morgan fingerprint density at radius 3 is 2.47 bits per heavy atom. The van der Waals surface area contributed by atoms with Gasteiger partial charge in [0, 0.05) is 20.1 Å². The van der Waals surface area contributed by atoms with Crippen LogP contribution in [0.5, 0.6) is 5.75 Å². The van der Waals surface area contributed by atoms with Crippen molar-refractivity contribution >= 4 is 16.8 Å². The molecule has 182 valence electrons. The van der Waals surface area contributed by atoms with E-state index in [9.17, 15) is 9.59 Å². The highest BCUT2D eigenvalue weighted by Gasteiger charge is 2.26. The van der Waals surface area contributed by atoms with E-state index in [-0.39, 0.29) is 11.5 Å². The number of carbonyl (C=O) groups excluding carboxylic acids is 1. The zero-order valence-corrected chi connectivity index (χ0v) is 20.6. The molecule has 1 atom stereocenters. The first-order valence-corrected chi connectivity index (χ1v) is 12.0. The molecule has 1 heterocycles. The second kappa shape index (κ2) is 12.3. The van der Waals surface area contributed by atoms with E-state index in [0.717, 1.165) is 25.7 Å². The predicted molar refractivity (Wildman–Crippen MR) is 135 cm³/mol. The van der Waals surface area contributed by atoms with Gasteiger partial charge in [0.2, 0.25) is 5.91 Å². The molecule has 0 radical (unpaired) electrons. The van der Waals surface area contributed by atoms with Crippen LogP contribution in [0.15, 0.2) is 53.3 Å². The first-order valence-electron chi connectivity index (χ1n) is 12.0. The highest BCUT2D eigenvalue weighted by Crippen LogP contribution is 2.25. The second-order valence-electron chi connectivity index (χ2n) is 8.39. The molecule has 7 nitrogen and oxygen atoms in total. The van der Waals surface area contributed by atoms with Gasteiger partial charge in [-0.2, -0.15) is 0 Å². The van der Waals surface area contributed by atoms with Crippen LogP contribution in [-0.2, 0) is 9.53 Å². The molecule has 1 unspecified atom stereocenters. The van der Waals surface area contributed by atoms with Crippen molar-refractivity contribution in [3.63, 3.8) is 0 Å². The Balaban J connectivity index is 2.08. The van der Waals surface area contributed by atoms with Gasteiger partial charge in [-0.3, -0.25) is 14.2 Å². The Morgan fingerprint density at radius 1 is 1.06 bits per heavy atom. The molecule has 3 aromatic rings. The van der Waals surface area contributed by atoms with Crippen molar-refractivity contribution < 1.29 is 14.3 Å². The number of hydrogen-bond acceptors (Lipinski definition) is 5. The molecule has 0 aliphatic carbocycles. The summed E-state index contributed by atoms with van der Waals surface area (Å²) in [7, 11) is 3.22. The van der Waals surface area contributed by atoms with E-state index in [1.54, 1.807) is 29.8 Å². The molecule has 0 aliphatic rings. The highest BCUT2D eigenvalue weighted by molar-refractivity contribution is 5.79. The molecule has 0 saturated carbocycles. The monoisotopic (exact) mass is 465 g/mol. The van der Waals surface area contributed by atoms with Crippen molar-refractivity contribution in [1.29, 1.82) is 0 Å². The minimum absolute atomic E-state index is 0.0457. The van der Waals surface area contributed by atoms with Gasteiger partial charge in [-0.1, -0.05) is 38.3 Å². The summed E-state index contributed by atoms with van der Waals surface area (Å²) in [5.41, 5.74) is 1.12. The molecular formula is C27H35N3O4. The Labute approximate surface area is 201 Å². The number of ether oxygens (including phenoxy) is 2. The smallest absolute Gasteiger partial charge is 0.266 e. The van der Waals surface area contributed by atoms with Crippen LogP contribution < -0.4 is 10.3 Å². The van der Waals surface area contributed by atoms with Crippen LogP contribution in [0.1, 0.15) is 57.8 Å². The number of amides is 1. The summed E-state index contributed by atoms with van der Waals surface area (Å²) in [5, 5.41) is 0.531. The first kappa shape index (κ1) is 25.4. The number of rotatable bonds is 12. The number of nitrogens with zero attached hydrogens (tertiary/aromatic N) is 3.